The van der Waals surface area contributed by atoms with Crippen LogP contribution in [0.4, 0.5) is 4.79 Å². The molecule has 20 heavy (non-hydrogen) atoms. The third kappa shape index (κ3) is 3.96. The molecule has 1 aromatic rings. The summed E-state index contributed by atoms with van der Waals surface area (Å²) in [5, 5.41) is 6.71. The van der Waals surface area contributed by atoms with E-state index in [9.17, 15) is 9.59 Å². The van der Waals surface area contributed by atoms with Gasteiger partial charge in [0.2, 0.25) is 5.91 Å². The van der Waals surface area contributed by atoms with E-state index in [1.165, 1.54) is 0 Å². The Labute approximate surface area is 125 Å². The van der Waals surface area contributed by atoms with Gasteiger partial charge in [-0.15, -0.1) is 0 Å². The Hall–Kier alpha value is -1.57. The summed E-state index contributed by atoms with van der Waals surface area (Å²) in [6.45, 7) is 1.73. The molecule has 0 aromatic carbocycles. The van der Waals surface area contributed by atoms with Gasteiger partial charge in [0.25, 0.3) is 0 Å². The first-order valence-corrected chi connectivity index (χ1v) is 7.36. The molecule has 0 bridgehead atoms. The molecule has 1 saturated heterocycles. The zero-order valence-corrected chi connectivity index (χ0v) is 12.7. The molecule has 3 amide bonds. The topological polar surface area (TPSA) is 93.2 Å². The highest BCUT2D eigenvalue weighted by Crippen LogP contribution is 2.23. The van der Waals surface area contributed by atoms with Gasteiger partial charge in [-0.2, -0.15) is 5.10 Å². The first-order valence-electron chi connectivity index (χ1n) is 6.57. The van der Waals surface area contributed by atoms with Gasteiger partial charge in [-0.1, -0.05) is 0 Å². The lowest BCUT2D eigenvalue weighted by molar-refractivity contribution is -0.132. The second-order valence-corrected chi connectivity index (χ2v) is 5.71. The van der Waals surface area contributed by atoms with E-state index in [1.807, 2.05) is 15.8 Å². The SMILES string of the molecule is NC(=O)NCCC(=O)N1CCC(n2cc(Br)cn2)CC1. The lowest BCUT2D eigenvalue weighted by atomic mass is 10.1. The number of amides is 3. The summed E-state index contributed by atoms with van der Waals surface area (Å²) in [5.41, 5.74) is 4.95. The van der Waals surface area contributed by atoms with Crippen LogP contribution in [-0.4, -0.2) is 46.3 Å². The number of hydrogen-bond donors (Lipinski definition) is 2. The van der Waals surface area contributed by atoms with Crippen molar-refractivity contribution in [3.63, 3.8) is 0 Å². The fourth-order valence-electron chi connectivity index (χ4n) is 2.35. The quantitative estimate of drug-likeness (QED) is 0.849. The van der Waals surface area contributed by atoms with Crippen LogP contribution in [0, 0.1) is 0 Å². The molecule has 1 aromatic heterocycles. The van der Waals surface area contributed by atoms with Crippen LogP contribution in [0.2, 0.25) is 0 Å². The van der Waals surface area contributed by atoms with Gasteiger partial charge in [0.05, 0.1) is 16.7 Å². The smallest absolute Gasteiger partial charge is 0.312 e. The predicted molar refractivity (Wildman–Crippen MR) is 77.0 cm³/mol. The number of halogens is 1. The summed E-state index contributed by atoms with van der Waals surface area (Å²) in [5.74, 6) is 0.0545. The Morgan fingerprint density at radius 3 is 2.70 bits per heavy atom. The van der Waals surface area contributed by atoms with E-state index in [2.05, 4.69) is 26.3 Å². The van der Waals surface area contributed by atoms with E-state index in [4.69, 9.17) is 5.73 Å². The first-order chi connectivity index (χ1) is 9.56. The third-order valence-electron chi connectivity index (χ3n) is 3.40. The molecule has 0 saturated carbocycles. The molecular weight excluding hydrogens is 326 g/mol. The standard InChI is InChI=1S/C12H18BrN5O2/c13-9-7-16-18(8-9)10-2-5-17(6-3-10)11(19)1-4-15-12(14)20/h7-8,10H,1-6H2,(H3,14,15,20). The van der Waals surface area contributed by atoms with Crippen LogP contribution >= 0.6 is 15.9 Å². The van der Waals surface area contributed by atoms with Crippen molar-refractivity contribution < 1.29 is 9.59 Å². The zero-order chi connectivity index (χ0) is 14.5. The number of primary amides is 1. The van der Waals surface area contributed by atoms with Gasteiger partial charge >= 0.3 is 6.03 Å². The van der Waals surface area contributed by atoms with E-state index >= 15 is 0 Å². The van der Waals surface area contributed by atoms with E-state index in [0.29, 0.717) is 19.0 Å². The average molecular weight is 344 g/mol. The van der Waals surface area contributed by atoms with E-state index in [-0.39, 0.29) is 5.91 Å². The minimum Gasteiger partial charge on any atom is -0.352 e. The first kappa shape index (κ1) is 14.8. The maximum atomic E-state index is 11.9. The van der Waals surface area contributed by atoms with E-state index < -0.39 is 6.03 Å². The molecule has 1 aliphatic rings. The zero-order valence-electron chi connectivity index (χ0n) is 11.1. The van der Waals surface area contributed by atoms with Crippen LogP contribution in [0.25, 0.3) is 0 Å². The monoisotopic (exact) mass is 343 g/mol. The maximum Gasteiger partial charge on any atom is 0.312 e. The number of nitrogens with two attached hydrogens (primary N) is 1. The summed E-state index contributed by atoms with van der Waals surface area (Å²) in [7, 11) is 0. The molecular formula is C12H18BrN5O2. The molecule has 2 rings (SSSR count). The van der Waals surface area contributed by atoms with Crippen LogP contribution in [0.3, 0.4) is 0 Å². The predicted octanol–water partition coefficient (Wildman–Crippen LogP) is 0.868. The van der Waals surface area contributed by atoms with Gasteiger partial charge in [-0.05, 0) is 28.8 Å². The number of aromatic nitrogens is 2. The number of carbonyl (C=O) groups excluding carboxylic acids is 2. The van der Waals surface area contributed by atoms with Crippen molar-refractivity contribution in [1.82, 2.24) is 20.0 Å². The fraction of sp³-hybridized carbons (Fsp3) is 0.583. The van der Waals surface area contributed by atoms with Crippen molar-refractivity contribution in [2.75, 3.05) is 19.6 Å². The van der Waals surface area contributed by atoms with Crippen molar-refractivity contribution in [1.29, 1.82) is 0 Å². The summed E-state index contributed by atoms with van der Waals surface area (Å²) in [6, 6.07) is -0.255. The highest BCUT2D eigenvalue weighted by atomic mass is 79.9. The van der Waals surface area contributed by atoms with Crippen molar-refractivity contribution in [2.45, 2.75) is 25.3 Å². The summed E-state index contributed by atoms with van der Waals surface area (Å²) >= 11 is 3.38. The van der Waals surface area contributed by atoms with Gasteiger partial charge in [0, 0.05) is 32.3 Å². The second-order valence-electron chi connectivity index (χ2n) is 4.79. The molecule has 8 heteroatoms. The van der Waals surface area contributed by atoms with Crippen molar-refractivity contribution >= 4 is 27.9 Å². The molecule has 2 heterocycles. The number of rotatable bonds is 4. The summed E-state index contributed by atoms with van der Waals surface area (Å²) in [4.78, 5) is 24.3. The van der Waals surface area contributed by atoms with Gasteiger partial charge in [-0.3, -0.25) is 9.48 Å². The van der Waals surface area contributed by atoms with Crippen LogP contribution in [-0.2, 0) is 4.79 Å². The van der Waals surface area contributed by atoms with Gasteiger partial charge < -0.3 is 16.0 Å². The molecule has 110 valence electrons. The number of likely N-dealkylation sites (tertiary alicyclic amines) is 1. The Morgan fingerprint density at radius 2 is 2.15 bits per heavy atom. The molecule has 0 radical (unpaired) electrons. The average Bonchev–Trinajstić information content (AvgIpc) is 2.85. The van der Waals surface area contributed by atoms with Gasteiger partial charge in [0.15, 0.2) is 0 Å². The minimum atomic E-state index is -0.597. The number of nitrogens with one attached hydrogen (secondary N) is 1. The van der Waals surface area contributed by atoms with Gasteiger partial charge in [-0.25, -0.2) is 4.79 Å². The molecule has 0 unspecified atom stereocenters. The summed E-state index contributed by atoms with van der Waals surface area (Å²) in [6.07, 6.45) is 5.80. The van der Waals surface area contributed by atoms with Crippen molar-refractivity contribution in [3.8, 4) is 0 Å². The molecule has 1 aliphatic heterocycles. The largest absolute Gasteiger partial charge is 0.352 e. The Bertz CT molecular complexity index is 482. The van der Waals surface area contributed by atoms with Gasteiger partial charge in [0.1, 0.15) is 0 Å². The fourth-order valence-corrected chi connectivity index (χ4v) is 2.65. The molecule has 0 aliphatic carbocycles. The molecule has 0 spiro atoms. The Balaban J connectivity index is 1.76. The number of piperidine rings is 1. The van der Waals surface area contributed by atoms with Crippen LogP contribution in [0.15, 0.2) is 16.9 Å². The Kier molecular flexibility index (Phi) is 4.99. The third-order valence-corrected chi connectivity index (χ3v) is 3.81. The Morgan fingerprint density at radius 1 is 1.45 bits per heavy atom. The highest BCUT2D eigenvalue weighted by Gasteiger charge is 2.23. The van der Waals surface area contributed by atoms with Crippen LogP contribution in [0.5, 0.6) is 0 Å². The number of nitrogens with zero attached hydrogens (tertiary/aromatic N) is 3. The maximum absolute atomic E-state index is 11.9. The van der Waals surface area contributed by atoms with Crippen LogP contribution in [0.1, 0.15) is 25.3 Å². The van der Waals surface area contributed by atoms with Crippen molar-refractivity contribution in [3.05, 3.63) is 16.9 Å². The second kappa shape index (κ2) is 6.74. The van der Waals surface area contributed by atoms with E-state index in [0.717, 1.165) is 30.4 Å². The number of hydrogen-bond acceptors (Lipinski definition) is 3. The number of urea groups is 1. The van der Waals surface area contributed by atoms with Crippen molar-refractivity contribution in [2.24, 2.45) is 5.73 Å². The molecule has 0 atom stereocenters. The van der Waals surface area contributed by atoms with E-state index in [1.54, 1.807) is 6.20 Å². The molecule has 7 nitrogen and oxygen atoms in total. The summed E-state index contributed by atoms with van der Waals surface area (Å²) < 4.78 is 2.91. The number of carbonyl (C=O) groups is 2. The minimum absolute atomic E-state index is 0.0545. The molecule has 3 N–H and O–H groups in total. The normalized spacial score (nSPS) is 16.1. The lowest BCUT2D eigenvalue weighted by Gasteiger charge is -2.32. The molecule has 1 fully saturated rings. The van der Waals surface area contributed by atoms with Crippen LogP contribution < -0.4 is 11.1 Å². The highest BCUT2D eigenvalue weighted by molar-refractivity contribution is 9.10. The lowest BCUT2D eigenvalue weighted by Crippen LogP contribution is -2.41.